The molecule has 0 unspecified atom stereocenters. The topological polar surface area (TPSA) is 32.8 Å². The number of anilines is 1. The van der Waals surface area contributed by atoms with Crippen molar-refractivity contribution in [3.63, 3.8) is 0 Å². The number of ether oxygens (including phenoxy) is 1. The highest BCUT2D eigenvalue weighted by molar-refractivity contribution is 7.16. The van der Waals surface area contributed by atoms with Crippen LogP contribution in [0.3, 0.4) is 0 Å². The molecule has 1 aromatic carbocycles. The van der Waals surface area contributed by atoms with Crippen molar-refractivity contribution in [3.05, 3.63) is 63.8 Å². The van der Waals surface area contributed by atoms with Gasteiger partial charge in [0.05, 0.1) is 24.1 Å². The van der Waals surface area contributed by atoms with E-state index >= 15 is 0 Å². The van der Waals surface area contributed by atoms with Gasteiger partial charge in [-0.25, -0.2) is 0 Å². The molecule has 4 nitrogen and oxygen atoms in total. The molecule has 132 valence electrons. The lowest BCUT2D eigenvalue weighted by molar-refractivity contribution is 0.0764. The fraction of sp³-hybridized carbons (Fsp3) is 0.316. The Kier molecular flexibility index (Phi) is 6.13. The number of thiophene rings is 1. The van der Waals surface area contributed by atoms with Crippen LogP contribution < -0.4 is 4.90 Å². The Labute approximate surface area is 157 Å². The van der Waals surface area contributed by atoms with E-state index in [1.807, 2.05) is 36.4 Å². The molecule has 0 aliphatic carbocycles. The first kappa shape index (κ1) is 18.0. The second kappa shape index (κ2) is 8.52. The lowest BCUT2D eigenvalue weighted by Crippen LogP contribution is -2.36. The molecule has 1 fully saturated rings. The molecule has 0 spiro atoms. The molecule has 1 aliphatic heterocycles. The van der Waals surface area contributed by atoms with Crippen LogP contribution in [0, 0.1) is 0 Å². The Balaban J connectivity index is 1.71. The summed E-state index contributed by atoms with van der Waals surface area (Å²) < 4.78 is 6.11. The Morgan fingerprint density at radius 1 is 1.24 bits per heavy atom. The number of hydrogen-bond donors (Lipinski definition) is 0. The average molecular weight is 377 g/mol. The minimum absolute atomic E-state index is 0.00190. The van der Waals surface area contributed by atoms with Crippen molar-refractivity contribution in [1.82, 2.24) is 4.90 Å². The third-order valence-corrected chi connectivity index (χ3v) is 5.32. The van der Waals surface area contributed by atoms with Crippen LogP contribution in [0.1, 0.15) is 15.2 Å². The van der Waals surface area contributed by atoms with Crippen molar-refractivity contribution in [2.45, 2.75) is 6.54 Å². The van der Waals surface area contributed by atoms with Crippen molar-refractivity contribution in [3.8, 4) is 0 Å². The molecular weight excluding hydrogens is 356 g/mol. The van der Waals surface area contributed by atoms with Gasteiger partial charge >= 0.3 is 0 Å². The van der Waals surface area contributed by atoms with Crippen LogP contribution in [0.25, 0.3) is 0 Å². The van der Waals surface area contributed by atoms with Gasteiger partial charge in [-0.2, -0.15) is 0 Å². The van der Waals surface area contributed by atoms with Gasteiger partial charge < -0.3 is 14.5 Å². The third kappa shape index (κ3) is 4.63. The van der Waals surface area contributed by atoms with Gasteiger partial charge in [0.1, 0.15) is 0 Å². The van der Waals surface area contributed by atoms with Crippen LogP contribution >= 0.6 is 22.9 Å². The summed E-state index contributed by atoms with van der Waals surface area (Å²) in [6, 6.07) is 11.6. The van der Waals surface area contributed by atoms with E-state index in [2.05, 4.69) is 11.5 Å². The molecule has 2 aromatic rings. The molecule has 0 atom stereocenters. The van der Waals surface area contributed by atoms with E-state index in [1.54, 1.807) is 11.0 Å². The van der Waals surface area contributed by atoms with Crippen molar-refractivity contribution in [1.29, 1.82) is 0 Å². The maximum Gasteiger partial charge on any atom is 0.254 e. The second-order valence-electron chi connectivity index (χ2n) is 5.83. The highest BCUT2D eigenvalue weighted by Crippen LogP contribution is 2.24. The van der Waals surface area contributed by atoms with Crippen LogP contribution in [0.4, 0.5) is 5.69 Å². The van der Waals surface area contributed by atoms with Crippen LogP contribution in [0.15, 0.2) is 49.1 Å². The Morgan fingerprint density at radius 3 is 2.56 bits per heavy atom. The third-order valence-electron chi connectivity index (χ3n) is 4.10. The lowest BCUT2D eigenvalue weighted by Gasteiger charge is -2.29. The minimum Gasteiger partial charge on any atom is -0.378 e. The number of halogens is 1. The van der Waals surface area contributed by atoms with Gasteiger partial charge in [-0.1, -0.05) is 17.7 Å². The van der Waals surface area contributed by atoms with Gasteiger partial charge in [-0.15, -0.1) is 17.9 Å². The zero-order valence-corrected chi connectivity index (χ0v) is 15.6. The Morgan fingerprint density at radius 2 is 1.96 bits per heavy atom. The van der Waals surface area contributed by atoms with Crippen LogP contribution in [-0.4, -0.2) is 43.7 Å². The summed E-state index contributed by atoms with van der Waals surface area (Å²) >= 11 is 7.48. The van der Waals surface area contributed by atoms with E-state index in [-0.39, 0.29) is 5.91 Å². The SMILES string of the molecule is C=CCN(Cc1ccc(Cl)s1)C(=O)c1ccc(N2CCOCC2)cc1. The molecule has 1 saturated heterocycles. The minimum atomic E-state index is -0.00190. The number of carbonyl (C=O) groups is 1. The van der Waals surface area contributed by atoms with Crippen molar-refractivity contribution in [2.75, 3.05) is 37.7 Å². The number of amides is 1. The summed E-state index contributed by atoms with van der Waals surface area (Å²) in [6.07, 6.45) is 1.75. The van der Waals surface area contributed by atoms with Crippen LogP contribution in [0.5, 0.6) is 0 Å². The number of benzene rings is 1. The van der Waals surface area contributed by atoms with E-state index in [0.717, 1.165) is 41.2 Å². The standard InChI is InChI=1S/C19H21ClN2O2S/c1-2-9-22(14-17-7-8-18(20)25-17)19(23)15-3-5-16(6-4-15)21-10-12-24-13-11-21/h2-8H,1,9-14H2. The Hall–Kier alpha value is -1.82. The first-order valence-corrected chi connectivity index (χ1v) is 9.44. The lowest BCUT2D eigenvalue weighted by atomic mass is 10.1. The summed E-state index contributed by atoms with van der Waals surface area (Å²) in [4.78, 5) is 18.0. The molecule has 1 aliphatic rings. The summed E-state index contributed by atoms with van der Waals surface area (Å²) in [5.74, 6) is -0.00190. The number of carbonyl (C=O) groups excluding carboxylic acids is 1. The maximum absolute atomic E-state index is 12.8. The zero-order chi connectivity index (χ0) is 17.6. The van der Waals surface area contributed by atoms with E-state index < -0.39 is 0 Å². The molecular formula is C19H21ClN2O2S. The molecule has 3 rings (SSSR count). The van der Waals surface area contributed by atoms with Gasteiger partial charge in [-0.3, -0.25) is 4.79 Å². The smallest absolute Gasteiger partial charge is 0.254 e. The fourth-order valence-electron chi connectivity index (χ4n) is 2.82. The number of nitrogens with zero attached hydrogens (tertiary/aromatic N) is 2. The summed E-state index contributed by atoms with van der Waals surface area (Å²) in [5, 5.41) is 0. The number of rotatable bonds is 6. The van der Waals surface area contributed by atoms with Gasteiger partial charge in [0.25, 0.3) is 5.91 Å². The van der Waals surface area contributed by atoms with E-state index in [4.69, 9.17) is 16.3 Å². The van der Waals surface area contributed by atoms with Crippen molar-refractivity contribution in [2.24, 2.45) is 0 Å². The highest BCUT2D eigenvalue weighted by Gasteiger charge is 2.17. The largest absolute Gasteiger partial charge is 0.378 e. The molecule has 25 heavy (non-hydrogen) atoms. The highest BCUT2D eigenvalue weighted by atomic mass is 35.5. The molecule has 6 heteroatoms. The van der Waals surface area contributed by atoms with E-state index in [0.29, 0.717) is 18.7 Å². The summed E-state index contributed by atoms with van der Waals surface area (Å²) in [6.45, 7) is 8.06. The zero-order valence-electron chi connectivity index (χ0n) is 14.0. The van der Waals surface area contributed by atoms with Gasteiger partial charge in [0, 0.05) is 35.8 Å². The number of morpholine rings is 1. The van der Waals surface area contributed by atoms with Gasteiger partial charge in [0.2, 0.25) is 0 Å². The monoisotopic (exact) mass is 376 g/mol. The predicted molar refractivity (Wildman–Crippen MR) is 104 cm³/mol. The summed E-state index contributed by atoms with van der Waals surface area (Å²) in [7, 11) is 0. The molecule has 1 amide bonds. The second-order valence-corrected chi connectivity index (χ2v) is 7.63. The molecule has 0 bridgehead atoms. The first-order valence-electron chi connectivity index (χ1n) is 8.24. The fourth-order valence-corrected chi connectivity index (χ4v) is 3.92. The van der Waals surface area contributed by atoms with Crippen molar-refractivity contribution < 1.29 is 9.53 Å². The first-order chi connectivity index (χ1) is 12.2. The molecule has 2 heterocycles. The average Bonchev–Trinajstić information content (AvgIpc) is 3.06. The quantitative estimate of drug-likeness (QED) is 0.712. The van der Waals surface area contributed by atoms with Gasteiger partial charge in [-0.05, 0) is 36.4 Å². The van der Waals surface area contributed by atoms with Crippen LogP contribution in [0.2, 0.25) is 4.34 Å². The molecule has 0 radical (unpaired) electrons. The normalized spacial score (nSPS) is 14.4. The van der Waals surface area contributed by atoms with Crippen LogP contribution in [-0.2, 0) is 11.3 Å². The number of hydrogen-bond acceptors (Lipinski definition) is 4. The van der Waals surface area contributed by atoms with Crippen molar-refractivity contribution >= 4 is 34.5 Å². The molecule has 1 aromatic heterocycles. The predicted octanol–water partition coefficient (Wildman–Crippen LogP) is 4.07. The maximum atomic E-state index is 12.8. The molecule has 0 N–H and O–H groups in total. The van der Waals surface area contributed by atoms with Gasteiger partial charge in [0.15, 0.2) is 0 Å². The van der Waals surface area contributed by atoms with E-state index in [9.17, 15) is 4.79 Å². The molecule has 0 saturated carbocycles. The summed E-state index contributed by atoms with van der Waals surface area (Å²) in [5.41, 5.74) is 1.81. The Bertz CT molecular complexity index is 723. The van der Waals surface area contributed by atoms with E-state index in [1.165, 1.54) is 11.3 Å².